The van der Waals surface area contributed by atoms with Crippen LogP contribution >= 0.6 is 11.6 Å². The van der Waals surface area contributed by atoms with E-state index in [0.29, 0.717) is 17.6 Å². The van der Waals surface area contributed by atoms with Crippen molar-refractivity contribution < 1.29 is 15.3 Å². The van der Waals surface area contributed by atoms with Crippen LogP contribution < -0.4 is 5.73 Å². The number of aliphatic hydroxyl groups is 3. The monoisotopic (exact) mass is 299 g/mol. The molecule has 0 aliphatic heterocycles. The molecule has 0 aromatic carbocycles. The number of nitrogen functional groups attached to an aromatic ring is 1. The van der Waals surface area contributed by atoms with Crippen LogP contribution in [0, 0.1) is 5.92 Å². The normalized spacial score (nSPS) is 30.2. The molecule has 0 spiro atoms. The van der Waals surface area contributed by atoms with Gasteiger partial charge in [-0.15, -0.1) is 0 Å². The summed E-state index contributed by atoms with van der Waals surface area (Å²) in [4.78, 5) is 12.0. The predicted octanol–water partition coefficient (Wildman–Crippen LogP) is -0.663. The van der Waals surface area contributed by atoms with Crippen molar-refractivity contribution in [3.63, 3.8) is 0 Å². The summed E-state index contributed by atoms with van der Waals surface area (Å²) in [6, 6.07) is -0.447. The first kappa shape index (κ1) is 13.5. The topological polar surface area (TPSA) is 130 Å². The summed E-state index contributed by atoms with van der Waals surface area (Å²) in [7, 11) is 0. The Morgan fingerprint density at radius 1 is 1.35 bits per heavy atom. The van der Waals surface area contributed by atoms with Crippen LogP contribution in [0.15, 0.2) is 6.33 Å². The minimum Gasteiger partial charge on any atom is -0.396 e. The van der Waals surface area contributed by atoms with Gasteiger partial charge in [-0.25, -0.2) is 4.98 Å². The van der Waals surface area contributed by atoms with Crippen LogP contribution in [0.4, 0.5) is 5.95 Å². The highest BCUT2D eigenvalue weighted by Crippen LogP contribution is 2.37. The average molecular weight is 300 g/mol. The minimum atomic E-state index is -1.01. The number of hydrogen-bond donors (Lipinski definition) is 4. The summed E-state index contributed by atoms with van der Waals surface area (Å²) in [5.41, 5.74) is 6.35. The molecule has 2 aromatic heterocycles. The Bertz CT molecular complexity index is 648. The number of anilines is 1. The fraction of sp³-hybridized carbons (Fsp3) is 0.545. The number of imidazole rings is 1. The maximum Gasteiger partial charge on any atom is 0.223 e. The number of nitrogens with zero attached hydrogens (tertiary/aromatic N) is 4. The Labute approximate surface area is 118 Å². The Morgan fingerprint density at radius 3 is 2.75 bits per heavy atom. The molecule has 3 rings (SSSR count). The molecule has 108 valence electrons. The number of fused-ring (bicyclic) bond motifs is 1. The lowest BCUT2D eigenvalue weighted by molar-refractivity contribution is -0.00370. The van der Waals surface area contributed by atoms with Gasteiger partial charge in [-0.3, -0.25) is 0 Å². The third kappa shape index (κ3) is 1.92. The van der Waals surface area contributed by atoms with Gasteiger partial charge >= 0.3 is 0 Å². The third-order valence-corrected chi connectivity index (χ3v) is 4.02. The highest BCUT2D eigenvalue weighted by Gasteiger charge is 2.42. The zero-order chi connectivity index (χ0) is 14.4. The van der Waals surface area contributed by atoms with E-state index >= 15 is 0 Å². The number of hydrogen-bond acceptors (Lipinski definition) is 7. The van der Waals surface area contributed by atoms with Crippen LogP contribution in [-0.2, 0) is 0 Å². The van der Waals surface area contributed by atoms with Gasteiger partial charge in [-0.1, -0.05) is 11.6 Å². The Morgan fingerprint density at radius 2 is 2.10 bits per heavy atom. The largest absolute Gasteiger partial charge is 0.396 e. The van der Waals surface area contributed by atoms with E-state index in [9.17, 15) is 15.3 Å². The maximum absolute atomic E-state index is 10.1. The van der Waals surface area contributed by atoms with E-state index in [1.807, 2.05) is 0 Å². The summed E-state index contributed by atoms with van der Waals surface area (Å²) < 4.78 is 1.61. The molecule has 0 unspecified atom stereocenters. The number of rotatable bonds is 2. The number of aliphatic hydroxyl groups excluding tert-OH is 3. The molecule has 2 aromatic rings. The van der Waals surface area contributed by atoms with E-state index in [2.05, 4.69) is 15.0 Å². The molecular weight excluding hydrogens is 286 g/mol. The lowest BCUT2D eigenvalue weighted by atomic mass is 10.1. The summed E-state index contributed by atoms with van der Waals surface area (Å²) in [5.74, 6) is -0.377. The lowest BCUT2D eigenvalue weighted by Crippen LogP contribution is -2.30. The molecule has 4 atom stereocenters. The third-order valence-electron chi connectivity index (χ3n) is 3.76. The number of halogens is 1. The van der Waals surface area contributed by atoms with Crippen molar-refractivity contribution in [2.24, 2.45) is 5.92 Å². The average Bonchev–Trinajstić information content (AvgIpc) is 2.93. The van der Waals surface area contributed by atoms with E-state index in [1.165, 1.54) is 6.33 Å². The summed E-state index contributed by atoms with van der Waals surface area (Å²) in [6.45, 7) is -0.195. The highest BCUT2D eigenvalue weighted by molar-refractivity contribution is 6.33. The first-order valence-electron chi connectivity index (χ1n) is 6.15. The maximum atomic E-state index is 10.1. The number of nitrogens with two attached hydrogens (primary N) is 1. The highest BCUT2D eigenvalue weighted by atomic mass is 35.5. The van der Waals surface area contributed by atoms with Gasteiger partial charge in [-0.2, -0.15) is 9.97 Å². The fourth-order valence-corrected chi connectivity index (χ4v) is 2.92. The zero-order valence-corrected chi connectivity index (χ0v) is 11.1. The quantitative estimate of drug-likeness (QED) is 0.541. The van der Waals surface area contributed by atoms with E-state index in [1.54, 1.807) is 4.57 Å². The molecule has 0 bridgehead atoms. The first-order chi connectivity index (χ1) is 9.52. The molecule has 1 fully saturated rings. The van der Waals surface area contributed by atoms with Gasteiger partial charge in [0.25, 0.3) is 0 Å². The Kier molecular flexibility index (Phi) is 3.25. The molecule has 5 N–H and O–H groups in total. The van der Waals surface area contributed by atoms with Gasteiger partial charge in [0.05, 0.1) is 18.5 Å². The van der Waals surface area contributed by atoms with E-state index in [-0.39, 0.29) is 23.6 Å². The summed E-state index contributed by atoms with van der Waals surface area (Å²) >= 11 is 5.94. The van der Waals surface area contributed by atoms with Gasteiger partial charge in [0.1, 0.15) is 11.6 Å². The van der Waals surface area contributed by atoms with Crippen molar-refractivity contribution in [3.05, 3.63) is 11.5 Å². The molecule has 1 saturated carbocycles. The molecule has 0 radical (unpaired) electrons. The predicted molar refractivity (Wildman–Crippen MR) is 71.0 cm³/mol. The van der Waals surface area contributed by atoms with Crippen molar-refractivity contribution in [2.45, 2.75) is 24.7 Å². The van der Waals surface area contributed by atoms with Crippen LogP contribution in [0.5, 0.6) is 0 Å². The van der Waals surface area contributed by atoms with Gasteiger partial charge in [0.15, 0.2) is 10.8 Å². The minimum absolute atomic E-state index is 0.0102. The van der Waals surface area contributed by atoms with E-state index < -0.39 is 18.2 Å². The molecule has 20 heavy (non-hydrogen) atoms. The van der Waals surface area contributed by atoms with Gasteiger partial charge in [0, 0.05) is 12.5 Å². The van der Waals surface area contributed by atoms with Crippen molar-refractivity contribution in [1.82, 2.24) is 19.5 Å². The smallest absolute Gasteiger partial charge is 0.223 e. The van der Waals surface area contributed by atoms with Crippen LogP contribution in [-0.4, -0.2) is 53.7 Å². The zero-order valence-electron chi connectivity index (χ0n) is 10.4. The van der Waals surface area contributed by atoms with Crippen molar-refractivity contribution in [2.75, 3.05) is 12.3 Å². The molecular formula is C11H14ClN5O3. The van der Waals surface area contributed by atoms with Gasteiger partial charge in [-0.05, 0) is 6.42 Å². The van der Waals surface area contributed by atoms with Crippen molar-refractivity contribution in [1.29, 1.82) is 0 Å². The van der Waals surface area contributed by atoms with Crippen LogP contribution in [0.25, 0.3) is 11.2 Å². The SMILES string of the molecule is Nc1nc(Cl)c2ncn([C@@H]3C[C@H](CO)[C@@H](O)[C@@H]3O)c2n1. The molecule has 1 aliphatic rings. The van der Waals surface area contributed by atoms with Crippen molar-refractivity contribution in [3.8, 4) is 0 Å². The summed E-state index contributed by atoms with van der Waals surface area (Å²) in [5, 5.41) is 29.3. The van der Waals surface area contributed by atoms with Crippen molar-refractivity contribution >= 4 is 28.7 Å². The second-order valence-corrected chi connectivity index (χ2v) is 5.28. The molecule has 9 heteroatoms. The first-order valence-corrected chi connectivity index (χ1v) is 6.53. The van der Waals surface area contributed by atoms with Crippen LogP contribution in [0.2, 0.25) is 5.15 Å². The molecule has 0 saturated heterocycles. The second kappa shape index (κ2) is 4.81. The standard InChI is InChI=1S/C11H14ClN5O3/c12-9-6-10(16-11(13)15-9)17(3-14-6)5-1-4(2-18)7(19)8(5)20/h3-5,7-8,18-20H,1-2H2,(H2,13,15,16)/t4-,5-,7-,8-/m1/s1. The van der Waals surface area contributed by atoms with Crippen LogP contribution in [0.3, 0.4) is 0 Å². The summed E-state index contributed by atoms with van der Waals surface area (Å²) in [6.07, 6.45) is -0.117. The van der Waals surface area contributed by atoms with Crippen LogP contribution in [0.1, 0.15) is 12.5 Å². The fourth-order valence-electron chi connectivity index (χ4n) is 2.70. The molecule has 8 nitrogen and oxygen atoms in total. The van der Waals surface area contributed by atoms with E-state index in [4.69, 9.17) is 17.3 Å². The number of aromatic nitrogens is 4. The Hall–Kier alpha value is -1.48. The lowest BCUT2D eigenvalue weighted by Gasteiger charge is -2.18. The Balaban J connectivity index is 2.07. The van der Waals surface area contributed by atoms with E-state index in [0.717, 1.165) is 0 Å². The second-order valence-electron chi connectivity index (χ2n) is 4.92. The molecule has 1 aliphatic carbocycles. The van der Waals surface area contributed by atoms with Gasteiger partial charge in [0.2, 0.25) is 5.95 Å². The molecule has 0 amide bonds. The van der Waals surface area contributed by atoms with Gasteiger partial charge < -0.3 is 25.6 Å². The molecule has 2 heterocycles.